The zero-order chi connectivity index (χ0) is 15.5. The minimum atomic E-state index is 0.0228. The van der Waals surface area contributed by atoms with E-state index in [1.165, 1.54) is 0 Å². The number of carbonyl (C=O) groups excluding carboxylic acids is 1. The zero-order valence-corrected chi connectivity index (χ0v) is 13.0. The zero-order valence-electron chi connectivity index (χ0n) is 13.0. The first-order valence-electron chi connectivity index (χ1n) is 8.01. The average molecular weight is 298 g/mol. The second-order valence-corrected chi connectivity index (χ2v) is 5.92. The summed E-state index contributed by atoms with van der Waals surface area (Å²) in [5.74, 6) is 0.203. The number of carbonyl (C=O) groups is 1. The molecule has 1 atom stereocenters. The van der Waals surface area contributed by atoms with E-state index in [-0.39, 0.29) is 11.9 Å². The number of benzene rings is 1. The van der Waals surface area contributed by atoms with Crippen LogP contribution < -0.4 is 4.90 Å². The Balaban J connectivity index is 1.66. The molecular weight excluding hydrogens is 276 g/mol. The molecule has 3 rings (SSSR count). The van der Waals surface area contributed by atoms with Crippen molar-refractivity contribution < 1.29 is 4.79 Å². The molecule has 1 aromatic rings. The standard InChI is InChI=1S/C17H22N4O/c1-2-19-9-11-20(12-10-19)16-7-8-21(17(16)22)15-5-3-14(13-18)4-6-15/h3-6,16H,2,7-12H2,1H3. The van der Waals surface area contributed by atoms with Crippen molar-refractivity contribution in [2.75, 3.05) is 44.2 Å². The highest BCUT2D eigenvalue weighted by atomic mass is 16.2. The van der Waals surface area contributed by atoms with Gasteiger partial charge in [-0.1, -0.05) is 6.92 Å². The molecule has 5 nitrogen and oxygen atoms in total. The molecule has 1 aromatic carbocycles. The van der Waals surface area contributed by atoms with Gasteiger partial charge >= 0.3 is 0 Å². The van der Waals surface area contributed by atoms with Crippen LogP contribution in [0.25, 0.3) is 0 Å². The van der Waals surface area contributed by atoms with Gasteiger partial charge in [0.1, 0.15) is 0 Å². The summed E-state index contributed by atoms with van der Waals surface area (Å²) in [4.78, 5) is 19.3. The summed E-state index contributed by atoms with van der Waals surface area (Å²) >= 11 is 0. The van der Waals surface area contributed by atoms with Gasteiger partial charge in [-0.05, 0) is 37.2 Å². The van der Waals surface area contributed by atoms with Gasteiger partial charge in [0.2, 0.25) is 5.91 Å². The van der Waals surface area contributed by atoms with E-state index in [1.54, 1.807) is 12.1 Å². The largest absolute Gasteiger partial charge is 0.311 e. The molecule has 1 amide bonds. The molecule has 1 unspecified atom stereocenters. The van der Waals surface area contributed by atoms with Crippen LogP contribution in [-0.2, 0) is 4.79 Å². The number of rotatable bonds is 3. The quantitative estimate of drug-likeness (QED) is 0.844. The number of hydrogen-bond donors (Lipinski definition) is 0. The third kappa shape index (κ3) is 2.85. The summed E-state index contributed by atoms with van der Waals surface area (Å²) in [5, 5.41) is 8.86. The van der Waals surface area contributed by atoms with Crippen LogP contribution in [0.3, 0.4) is 0 Å². The first-order chi connectivity index (χ1) is 10.7. The Morgan fingerprint density at radius 2 is 1.82 bits per heavy atom. The van der Waals surface area contributed by atoms with Crippen LogP contribution in [0, 0.1) is 11.3 Å². The molecule has 2 saturated heterocycles. The molecule has 2 heterocycles. The lowest BCUT2D eigenvalue weighted by Gasteiger charge is -2.36. The summed E-state index contributed by atoms with van der Waals surface area (Å²) in [6, 6.07) is 9.42. The van der Waals surface area contributed by atoms with Crippen molar-refractivity contribution in [1.82, 2.24) is 9.80 Å². The number of likely N-dealkylation sites (N-methyl/N-ethyl adjacent to an activating group) is 1. The van der Waals surface area contributed by atoms with E-state index in [2.05, 4.69) is 22.8 Å². The summed E-state index contributed by atoms with van der Waals surface area (Å²) in [7, 11) is 0. The molecular formula is C17H22N4O. The molecule has 0 radical (unpaired) electrons. The lowest BCUT2D eigenvalue weighted by atomic mass is 10.2. The second kappa shape index (κ2) is 6.47. The molecule has 2 aliphatic heterocycles. The van der Waals surface area contributed by atoms with Crippen molar-refractivity contribution in [2.24, 2.45) is 0 Å². The van der Waals surface area contributed by atoms with Crippen LogP contribution in [0.1, 0.15) is 18.9 Å². The summed E-state index contributed by atoms with van der Waals surface area (Å²) < 4.78 is 0. The normalized spacial score (nSPS) is 23.7. The minimum Gasteiger partial charge on any atom is -0.311 e. The number of nitriles is 1. The molecule has 0 aromatic heterocycles. The van der Waals surface area contributed by atoms with Crippen LogP contribution >= 0.6 is 0 Å². The van der Waals surface area contributed by atoms with Crippen molar-refractivity contribution in [3.8, 4) is 6.07 Å². The summed E-state index contributed by atoms with van der Waals surface area (Å²) in [6.07, 6.45) is 0.894. The molecule has 5 heteroatoms. The average Bonchev–Trinajstić information content (AvgIpc) is 2.96. The highest BCUT2D eigenvalue weighted by molar-refractivity contribution is 5.99. The summed E-state index contributed by atoms with van der Waals surface area (Å²) in [5.41, 5.74) is 1.53. The fraction of sp³-hybridized carbons (Fsp3) is 0.529. The predicted octanol–water partition coefficient (Wildman–Crippen LogP) is 1.30. The van der Waals surface area contributed by atoms with E-state index < -0.39 is 0 Å². The van der Waals surface area contributed by atoms with E-state index in [4.69, 9.17) is 5.26 Å². The maximum Gasteiger partial charge on any atom is 0.244 e. The van der Waals surface area contributed by atoms with Crippen LogP contribution in [0.2, 0.25) is 0 Å². The fourth-order valence-electron chi connectivity index (χ4n) is 3.37. The monoisotopic (exact) mass is 298 g/mol. The predicted molar refractivity (Wildman–Crippen MR) is 85.6 cm³/mol. The SMILES string of the molecule is CCN1CCN(C2CCN(c3ccc(C#N)cc3)C2=O)CC1. The number of anilines is 1. The van der Waals surface area contributed by atoms with Gasteiger partial charge in [-0.15, -0.1) is 0 Å². The van der Waals surface area contributed by atoms with Crippen LogP contribution in [0.4, 0.5) is 5.69 Å². The Morgan fingerprint density at radius 3 is 2.41 bits per heavy atom. The third-order valence-corrected chi connectivity index (χ3v) is 4.78. The van der Waals surface area contributed by atoms with E-state index in [1.807, 2.05) is 17.0 Å². The van der Waals surface area contributed by atoms with Crippen LogP contribution in [0.15, 0.2) is 24.3 Å². The number of piperazine rings is 1. The van der Waals surface area contributed by atoms with E-state index in [0.717, 1.165) is 51.4 Å². The van der Waals surface area contributed by atoms with Gasteiger partial charge < -0.3 is 9.80 Å². The maximum absolute atomic E-state index is 12.7. The third-order valence-electron chi connectivity index (χ3n) is 4.78. The molecule has 22 heavy (non-hydrogen) atoms. The number of amides is 1. The Morgan fingerprint density at radius 1 is 1.14 bits per heavy atom. The maximum atomic E-state index is 12.7. The van der Waals surface area contributed by atoms with Crippen molar-refractivity contribution in [3.63, 3.8) is 0 Å². The molecule has 116 valence electrons. The van der Waals surface area contributed by atoms with Crippen LogP contribution in [-0.4, -0.2) is 61.0 Å². The van der Waals surface area contributed by atoms with E-state index >= 15 is 0 Å². The smallest absolute Gasteiger partial charge is 0.244 e. The van der Waals surface area contributed by atoms with E-state index in [0.29, 0.717) is 5.56 Å². The summed E-state index contributed by atoms with van der Waals surface area (Å²) in [6.45, 7) is 8.10. The minimum absolute atomic E-state index is 0.0228. The Labute approximate surface area is 131 Å². The Kier molecular flexibility index (Phi) is 4.41. The van der Waals surface area contributed by atoms with Gasteiger partial charge in [-0.25, -0.2) is 0 Å². The van der Waals surface area contributed by atoms with Crippen molar-refractivity contribution >= 4 is 11.6 Å². The topological polar surface area (TPSA) is 50.6 Å². The second-order valence-electron chi connectivity index (χ2n) is 5.92. The Bertz CT molecular complexity index is 569. The van der Waals surface area contributed by atoms with Gasteiger partial charge in [0.05, 0.1) is 17.7 Å². The Hall–Kier alpha value is -1.90. The molecule has 2 fully saturated rings. The van der Waals surface area contributed by atoms with Crippen molar-refractivity contribution in [3.05, 3.63) is 29.8 Å². The molecule has 0 spiro atoms. The lowest BCUT2D eigenvalue weighted by Crippen LogP contribution is -2.52. The molecule has 2 aliphatic rings. The first kappa shape index (κ1) is 15.0. The fourth-order valence-corrected chi connectivity index (χ4v) is 3.37. The molecule has 0 saturated carbocycles. The highest BCUT2D eigenvalue weighted by Crippen LogP contribution is 2.25. The van der Waals surface area contributed by atoms with Crippen LogP contribution in [0.5, 0.6) is 0 Å². The first-order valence-corrected chi connectivity index (χ1v) is 8.01. The molecule has 0 N–H and O–H groups in total. The van der Waals surface area contributed by atoms with Gasteiger partial charge in [-0.3, -0.25) is 9.69 Å². The number of hydrogen-bond acceptors (Lipinski definition) is 4. The highest BCUT2D eigenvalue weighted by Gasteiger charge is 2.37. The van der Waals surface area contributed by atoms with E-state index in [9.17, 15) is 4.79 Å². The molecule has 0 bridgehead atoms. The number of nitrogens with zero attached hydrogens (tertiary/aromatic N) is 4. The van der Waals surface area contributed by atoms with Crippen molar-refractivity contribution in [1.29, 1.82) is 5.26 Å². The van der Waals surface area contributed by atoms with Gasteiger partial charge in [0.25, 0.3) is 0 Å². The lowest BCUT2D eigenvalue weighted by molar-refractivity contribution is -0.122. The van der Waals surface area contributed by atoms with Gasteiger partial charge in [-0.2, -0.15) is 5.26 Å². The molecule has 0 aliphatic carbocycles. The van der Waals surface area contributed by atoms with Crippen molar-refractivity contribution in [2.45, 2.75) is 19.4 Å². The van der Waals surface area contributed by atoms with Gasteiger partial charge in [0.15, 0.2) is 0 Å². The van der Waals surface area contributed by atoms with Gasteiger partial charge in [0, 0.05) is 38.4 Å².